The number of carbonyl (C=O) groups is 1. The molecule has 112 valence electrons. The molecule has 21 heavy (non-hydrogen) atoms. The molecule has 0 fully saturated rings. The van der Waals surface area contributed by atoms with Crippen LogP contribution >= 0.6 is 11.8 Å². The van der Waals surface area contributed by atoms with Crippen molar-refractivity contribution in [2.45, 2.75) is 25.0 Å². The van der Waals surface area contributed by atoms with Gasteiger partial charge in [-0.25, -0.2) is 0 Å². The van der Waals surface area contributed by atoms with E-state index in [-0.39, 0.29) is 22.8 Å². The molecular weight excluding hydrogens is 294 g/mol. The summed E-state index contributed by atoms with van der Waals surface area (Å²) in [6, 6.07) is 4.42. The van der Waals surface area contributed by atoms with Crippen LogP contribution < -0.4 is 0 Å². The van der Waals surface area contributed by atoms with E-state index in [1.165, 1.54) is 18.2 Å². The maximum atomic E-state index is 10.7. The summed E-state index contributed by atoms with van der Waals surface area (Å²) < 4.78 is 1.70. The van der Waals surface area contributed by atoms with Crippen molar-refractivity contribution < 1.29 is 20.1 Å². The molecule has 0 aliphatic heterocycles. The van der Waals surface area contributed by atoms with Crippen molar-refractivity contribution in [2.75, 3.05) is 5.75 Å². The molecule has 2 aromatic rings. The van der Waals surface area contributed by atoms with Gasteiger partial charge in [0, 0.05) is 6.54 Å². The predicted octanol–water partition coefficient (Wildman–Crippen LogP) is 1.94. The SMILES string of the molecule is CCCn1c(SCC(=O)O)nnc1-c1c(O)cccc1O. The third-order valence-electron chi connectivity index (χ3n) is 2.73. The third-order valence-corrected chi connectivity index (χ3v) is 3.68. The zero-order valence-corrected chi connectivity index (χ0v) is 12.2. The standard InChI is InChI=1S/C13H15N3O4S/c1-2-6-16-12(11-8(17)4-3-5-9(11)18)14-15-13(16)21-7-10(19)20/h3-5,17-18H,2,6-7H2,1H3,(H,19,20). The number of hydrogen-bond acceptors (Lipinski definition) is 6. The Morgan fingerprint density at radius 1 is 1.29 bits per heavy atom. The molecule has 8 heteroatoms. The number of aromatic nitrogens is 3. The summed E-state index contributed by atoms with van der Waals surface area (Å²) in [5.74, 6) is -0.961. The molecule has 1 heterocycles. The Kier molecular flexibility index (Phi) is 4.69. The number of aliphatic carboxylic acids is 1. The normalized spacial score (nSPS) is 10.7. The molecule has 0 atom stereocenters. The number of hydrogen-bond donors (Lipinski definition) is 3. The van der Waals surface area contributed by atoms with Crippen molar-refractivity contribution in [3.05, 3.63) is 18.2 Å². The second-order valence-corrected chi connectivity index (χ2v) is 5.25. The van der Waals surface area contributed by atoms with Crippen molar-refractivity contribution >= 4 is 17.7 Å². The molecular formula is C13H15N3O4S. The van der Waals surface area contributed by atoms with E-state index in [1.54, 1.807) is 4.57 Å². The van der Waals surface area contributed by atoms with Gasteiger partial charge < -0.3 is 19.9 Å². The second kappa shape index (κ2) is 6.49. The molecule has 0 saturated heterocycles. The number of phenolic OH excluding ortho intramolecular Hbond substituents is 2. The number of carboxylic acid groups (broad SMARTS) is 1. The average Bonchev–Trinajstić information content (AvgIpc) is 2.80. The summed E-state index contributed by atoms with van der Waals surface area (Å²) >= 11 is 1.05. The van der Waals surface area contributed by atoms with Gasteiger partial charge in [0.15, 0.2) is 11.0 Å². The Labute approximate surface area is 125 Å². The van der Waals surface area contributed by atoms with Crippen LogP contribution in [0.5, 0.6) is 11.5 Å². The fourth-order valence-corrected chi connectivity index (χ4v) is 2.57. The predicted molar refractivity (Wildman–Crippen MR) is 77.4 cm³/mol. The lowest BCUT2D eigenvalue weighted by Crippen LogP contribution is -2.04. The number of rotatable bonds is 6. The van der Waals surface area contributed by atoms with Gasteiger partial charge in [-0.15, -0.1) is 10.2 Å². The van der Waals surface area contributed by atoms with E-state index in [9.17, 15) is 15.0 Å². The van der Waals surface area contributed by atoms with Gasteiger partial charge in [0.1, 0.15) is 17.1 Å². The molecule has 0 saturated carbocycles. The van der Waals surface area contributed by atoms with Gasteiger partial charge in [-0.3, -0.25) is 4.79 Å². The van der Waals surface area contributed by atoms with Crippen molar-refractivity contribution in [1.29, 1.82) is 0 Å². The average molecular weight is 309 g/mol. The van der Waals surface area contributed by atoms with Crippen LogP contribution in [0.25, 0.3) is 11.4 Å². The van der Waals surface area contributed by atoms with Gasteiger partial charge in [0.05, 0.1) is 5.75 Å². The smallest absolute Gasteiger partial charge is 0.313 e. The molecule has 1 aromatic heterocycles. The highest BCUT2D eigenvalue weighted by Gasteiger charge is 2.20. The van der Waals surface area contributed by atoms with E-state index in [1.807, 2.05) is 6.92 Å². The van der Waals surface area contributed by atoms with Crippen LogP contribution in [0.3, 0.4) is 0 Å². The maximum Gasteiger partial charge on any atom is 0.313 e. The molecule has 0 radical (unpaired) electrons. The molecule has 2 rings (SSSR count). The topological polar surface area (TPSA) is 108 Å². The fraction of sp³-hybridized carbons (Fsp3) is 0.308. The van der Waals surface area contributed by atoms with Crippen molar-refractivity contribution in [3.8, 4) is 22.9 Å². The Hall–Kier alpha value is -2.22. The van der Waals surface area contributed by atoms with E-state index in [4.69, 9.17) is 5.11 Å². The number of carboxylic acids is 1. The van der Waals surface area contributed by atoms with Crippen LogP contribution in [0.15, 0.2) is 23.4 Å². The monoisotopic (exact) mass is 309 g/mol. The largest absolute Gasteiger partial charge is 0.507 e. The Balaban J connectivity index is 2.46. The molecule has 1 aromatic carbocycles. The molecule has 3 N–H and O–H groups in total. The number of nitrogens with zero attached hydrogens (tertiary/aromatic N) is 3. The Bertz CT molecular complexity index is 637. The van der Waals surface area contributed by atoms with Crippen LogP contribution in [0.1, 0.15) is 13.3 Å². The highest BCUT2D eigenvalue weighted by atomic mass is 32.2. The highest BCUT2D eigenvalue weighted by Crippen LogP contribution is 2.37. The first-order valence-corrected chi connectivity index (χ1v) is 7.32. The van der Waals surface area contributed by atoms with E-state index >= 15 is 0 Å². The van der Waals surface area contributed by atoms with Crippen molar-refractivity contribution in [2.24, 2.45) is 0 Å². The van der Waals surface area contributed by atoms with Crippen LogP contribution in [0, 0.1) is 0 Å². The summed E-state index contributed by atoms with van der Waals surface area (Å²) in [5.41, 5.74) is 0.195. The molecule has 0 spiro atoms. The van der Waals surface area contributed by atoms with Gasteiger partial charge in [-0.2, -0.15) is 0 Å². The minimum atomic E-state index is -0.946. The molecule has 0 amide bonds. The van der Waals surface area contributed by atoms with Gasteiger partial charge in [-0.1, -0.05) is 24.8 Å². The van der Waals surface area contributed by atoms with Crippen LogP contribution in [-0.4, -0.2) is 41.8 Å². The number of aromatic hydroxyl groups is 2. The maximum absolute atomic E-state index is 10.7. The number of phenols is 2. The first kappa shape index (κ1) is 15.2. The van der Waals surface area contributed by atoms with E-state index in [0.29, 0.717) is 17.5 Å². The molecule has 0 unspecified atom stereocenters. The quantitative estimate of drug-likeness (QED) is 0.700. The van der Waals surface area contributed by atoms with Crippen LogP contribution in [-0.2, 0) is 11.3 Å². The van der Waals surface area contributed by atoms with Crippen LogP contribution in [0.2, 0.25) is 0 Å². The summed E-state index contributed by atoms with van der Waals surface area (Å²) in [4.78, 5) is 10.7. The third kappa shape index (κ3) is 3.27. The van der Waals surface area contributed by atoms with E-state index in [0.717, 1.165) is 18.2 Å². The van der Waals surface area contributed by atoms with Gasteiger partial charge in [0.25, 0.3) is 0 Å². The Morgan fingerprint density at radius 2 is 1.95 bits per heavy atom. The lowest BCUT2D eigenvalue weighted by molar-refractivity contribution is -0.133. The molecule has 0 aliphatic carbocycles. The highest BCUT2D eigenvalue weighted by molar-refractivity contribution is 7.99. The summed E-state index contributed by atoms with van der Waals surface area (Å²) in [6.45, 7) is 2.51. The minimum Gasteiger partial charge on any atom is -0.507 e. The zero-order chi connectivity index (χ0) is 15.4. The van der Waals surface area contributed by atoms with Gasteiger partial charge in [-0.05, 0) is 18.6 Å². The first-order valence-electron chi connectivity index (χ1n) is 6.33. The van der Waals surface area contributed by atoms with Gasteiger partial charge in [0.2, 0.25) is 0 Å². The van der Waals surface area contributed by atoms with Crippen LogP contribution in [0.4, 0.5) is 0 Å². The number of thioether (sulfide) groups is 1. The summed E-state index contributed by atoms with van der Waals surface area (Å²) in [5, 5.41) is 37.0. The first-order chi connectivity index (χ1) is 10.0. The molecule has 0 aliphatic rings. The summed E-state index contributed by atoms with van der Waals surface area (Å²) in [7, 11) is 0. The van der Waals surface area contributed by atoms with Crippen molar-refractivity contribution in [1.82, 2.24) is 14.8 Å². The van der Waals surface area contributed by atoms with Crippen molar-refractivity contribution in [3.63, 3.8) is 0 Å². The lowest BCUT2D eigenvalue weighted by Gasteiger charge is -2.10. The fourth-order valence-electron chi connectivity index (χ4n) is 1.89. The molecule has 0 bridgehead atoms. The summed E-state index contributed by atoms with van der Waals surface area (Å²) in [6.07, 6.45) is 0.778. The minimum absolute atomic E-state index is 0.102. The lowest BCUT2D eigenvalue weighted by atomic mass is 10.1. The number of benzene rings is 1. The zero-order valence-electron chi connectivity index (χ0n) is 11.4. The van der Waals surface area contributed by atoms with E-state index < -0.39 is 5.97 Å². The van der Waals surface area contributed by atoms with E-state index in [2.05, 4.69) is 10.2 Å². The Morgan fingerprint density at radius 3 is 2.52 bits per heavy atom. The second-order valence-electron chi connectivity index (χ2n) is 4.31. The van der Waals surface area contributed by atoms with Gasteiger partial charge >= 0.3 is 5.97 Å². The molecule has 7 nitrogen and oxygen atoms in total.